The number of hydrogen-bond acceptors (Lipinski definition) is 5. The van der Waals surface area contributed by atoms with Gasteiger partial charge < -0.3 is 4.52 Å². The zero-order valence-corrected chi connectivity index (χ0v) is 11.1. The molecule has 17 heavy (non-hydrogen) atoms. The van der Waals surface area contributed by atoms with E-state index in [2.05, 4.69) is 8.49 Å². The van der Waals surface area contributed by atoms with E-state index in [0.717, 1.165) is 13.2 Å². The molecule has 1 unspecified atom stereocenters. The zero-order chi connectivity index (χ0) is 13.1. The summed E-state index contributed by atoms with van der Waals surface area (Å²) in [5.74, 6) is -0.935. The summed E-state index contributed by atoms with van der Waals surface area (Å²) in [6.45, 7) is 1.67. The second-order valence-corrected chi connectivity index (χ2v) is 5.96. The quantitative estimate of drug-likeness (QED) is 0.774. The summed E-state index contributed by atoms with van der Waals surface area (Å²) in [6, 6.07) is 3.86. The molecule has 0 heterocycles. The molecule has 0 N–H and O–H groups in total. The molecule has 0 aliphatic rings. The fraction of sp³-hybridized carbons (Fsp3) is 0.333. The van der Waals surface area contributed by atoms with Crippen molar-refractivity contribution in [2.24, 2.45) is 0 Å². The minimum atomic E-state index is -4.41. The molecular weight excluding hydrogens is 270 g/mol. The van der Waals surface area contributed by atoms with E-state index in [0.29, 0.717) is 6.42 Å². The molecule has 0 amide bonds. The average Bonchev–Trinajstić information content (AvgIpc) is 2.27. The summed E-state index contributed by atoms with van der Waals surface area (Å²) in [7, 11) is -6.55. The van der Waals surface area contributed by atoms with Crippen molar-refractivity contribution in [3.63, 3.8) is 0 Å². The van der Waals surface area contributed by atoms with Crippen LogP contribution in [0, 0.1) is 5.82 Å². The number of hydrogen-bond donors (Lipinski definition) is 0. The lowest BCUT2D eigenvalue weighted by atomic mass is 10.2. The predicted octanol–water partition coefficient (Wildman–Crippen LogP) is 2.13. The van der Waals surface area contributed by atoms with Crippen LogP contribution in [0.5, 0.6) is 0 Å². The van der Waals surface area contributed by atoms with Gasteiger partial charge in [0.15, 0.2) is 0 Å². The first-order valence-corrected chi connectivity index (χ1v) is 7.35. The lowest BCUT2D eigenvalue weighted by Gasteiger charge is -2.09. The summed E-state index contributed by atoms with van der Waals surface area (Å²) in [5.41, 5.74) is 0.260. The third kappa shape index (κ3) is 3.35. The Labute approximate surface area is 99.6 Å². The van der Waals surface area contributed by atoms with Crippen LogP contribution in [-0.2, 0) is 29.6 Å². The molecule has 0 bridgehead atoms. The van der Waals surface area contributed by atoms with Gasteiger partial charge in [-0.05, 0) is 18.1 Å². The molecule has 0 spiro atoms. The van der Waals surface area contributed by atoms with Gasteiger partial charge in [-0.25, -0.2) is 4.39 Å². The number of aryl methyl sites for hydroxylation is 1. The van der Waals surface area contributed by atoms with Crippen molar-refractivity contribution < 1.29 is 25.9 Å². The van der Waals surface area contributed by atoms with Crippen LogP contribution in [0.2, 0.25) is 0 Å². The Morgan fingerprint density at radius 3 is 2.59 bits per heavy atom. The van der Waals surface area contributed by atoms with Gasteiger partial charge in [-0.3, -0.25) is 4.57 Å². The molecule has 1 rings (SSSR count). The highest BCUT2D eigenvalue weighted by atomic mass is 32.2. The van der Waals surface area contributed by atoms with Gasteiger partial charge in [-0.1, -0.05) is 19.1 Å². The molecule has 0 saturated heterocycles. The van der Waals surface area contributed by atoms with E-state index in [1.54, 1.807) is 6.92 Å². The highest BCUT2D eigenvalue weighted by molar-refractivity contribution is 7.89. The normalized spacial score (nSPS) is 13.6. The van der Waals surface area contributed by atoms with Crippen LogP contribution in [0.1, 0.15) is 12.5 Å². The van der Waals surface area contributed by atoms with Crippen LogP contribution in [0.25, 0.3) is 0 Å². The van der Waals surface area contributed by atoms with Gasteiger partial charge in [-0.2, -0.15) is 12.4 Å². The van der Waals surface area contributed by atoms with Gasteiger partial charge in [0.25, 0.3) is 0 Å². The van der Waals surface area contributed by atoms with Crippen molar-refractivity contribution >= 4 is 18.4 Å². The van der Waals surface area contributed by atoms with Crippen molar-refractivity contribution in [3.8, 4) is 0 Å². The molecule has 96 valence electrons. The van der Waals surface area contributed by atoms with E-state index in [4.69, 9.17) is 0 Å². The number of halogens is 1. The molecule has 8 heteroatoms. The second kappa shape index (κ2) is 5.73. The third-order valence-corrected chi connectivity index (χ3v) is 4.74. The van der Waals surface area contributed by atoms with Crippen molar-refractivity contribution in [2.45, 2.75) is 18.2 Å². The largest absolute Gasteiger partial charge is 0.333 e. The molecule has 0 radical (unpaired) electrons. The van der Waals surface area contributed by atoms with Crippen LogP contribution in [-0.4, -0.2) is 15.5 Å². The maximum atomic E-state index is 13.5. The topological polar surface area (TPSA) is 69.7 Å². The number of benzene rings is 1. The fourth-order valence-corrected chi connectivity index (χ4v) is 3.44. The highest BCUT2D eigenvalue weighted by Crippen LogP contribution is 2.31. The summed E-state index contributed by atoms with van der Waals surface area (Å²) in [4.78, 5) is -0.585. The van der Waals surface area contributed by atoms with Gasteiger partial charge in [0.1, 0.15) is 10.7 Å². The smallest absolute Gasteiger partial charge is 0.313 e. The molecule has 0 aliphatic heterocycles. The van der Waals surface area contributed by atoms with Crippen molar-refractivity contribution in [3.05, 3.63) is 29.6 Å². The Bertz CT molecular complexity index is 528. The summed E-state index contributed by atoms with van der Waals surface area (Å²) < 4.78 is 56.3. The standard InChI is InChI=1S/C9H12FO5PS/c1-3-7-5-4-6-8(10)9(7)17(12,13)15-16(11)14-2/h4-6,16H,3H2,1-2H3. The fourth-order valence-electron chi connectivity index (χ4n) is 1.28. The van der Waals surface area contributed by atoms with Gasteiger partial charge in [0.05, 0.1) is 0 Å². The maximum Gasteiger partial charge on any atom is 0.333 e. The van der Waals surface area contributed by atoms with E-state index in [1.807, 2.05) is 0 Å². The van der Waals surface area contributed by atoms with Crippen LogP contribution < -0.4 is 0 Å². The van der Waals surface area contributed by atoms with E-state index in [1.165, 1.54) is 12.1 Å². The zero-order valence-electron chi connectivity index (χ0n) is 9.27. The Kier molecular flexibility index (Phi) is 4.82. The van der Waals surface area contributed by atoms with E-state index in [-0.39, 0.29) is 5.56 Å². The van der Waals surface area contributed by atoms with E-state index < -0.39 is 29.1 Å². The predicted molar refractivity (Wildman–Crippen MR) is 60.1 cm³/mol. The third-order valence-electron chi connectivity index (χ3n) is 2.02. The van der Waals surface area contributed by atoms with Crippen molar-refractivity contribution in [1.82, 2.24) is 0 Å². The number of rotatable bonds is 5. The van der Waals surface area contributed by atoms with Crippen molar-refractivity contribution in [1.29, 1.82) is 0 Å². The van der Waals surface area contributed by atoms with E-state index >= 15 is 0 Å². The lowest BCUT2D eigenvalue weighted by Crippen LogP contribution is -2.08. The molecule has 5 nitrogen and oxygen atoms in total. The average molecular weight is 282 g/mol. The first-order chi connectivity index (χ1) is 7.92. The Hall–Kier alpha value is -0.750. The van der Waals surface area contributed by atoms with Crippen LogP contribution in [0.3, 0.4) is 0 Å². The summed E-state index contributed by atoms with van der Waals surface area (Å²) in [5, 5.41) is 0. The first-order valence-electron chi connectivity index (χ1n) is 4.72. The Morgan fingerprint density at radius 1 is 1.41 bits per heavy atom. The monoisotopic (exact) mass is 282 g/mol. The molecule has 0 aliphatic carbocycles. The molecule has 1 aromatic rings. The second-order valence-electron chi connectivity index (χ2n) is 3.07. The SMILES string of the molecule is CCc1cccc(F)c1S(=O)(=O)O[PH](=O)OC. The van der Waals surface area contributed by atoms with Crippen LogP contribution in [0.15, 0.2) is 23.1 Å². The van der Waals surface area contributed by atoms with Crippen LogP contribution >= 0.6 is 8.25 Å². The van der Waals surface area contributed by atoms with Crippen LogP contribution in [0.4, 0.5) is 4.39 Å². The van der Waals surface area contributed by atoms with Gasteiger partial charge in [0.2, 0.25) is 0 Å². The van der Waals surface area contributed by atoms with Gasteiger partial charge in [-0.15, -0.1) is 0 Å². The van der Waals surface area contributed by atoms with Gasteiger partial charge in [0, 0.05) is 7.11 Å². The Morgan fingerprint density at radius 2 is 2.06 bits per heavy atom. The summed E-state index contributed by atoms with van der Waals surface area (Å²) >= 11 is 0. The first kappa shape index (κ1) is 14.3. The Balaban J connectivity index is 3.28. The molecule has 1 atom stereocenters. The molecule has 0 saturated carbocycles. The van der Waals surface area contributed by atoms with E-state index in [9.17, 15) is 17.4 Å². The molecular formula is C9H12FO5PS. The summed E-state index contributed by atoms with van der Waals surface area (Å²) in [6.07, 6.45) is 0.309. The highest BCUT2D eigenvalue weighted by Gasteiger charge is 2.25. The molecule has 1 aromatic carbocycles. The minimum absolute atomic E-state index is 0.260. The van der Waals surface area contributed by atoms with Gasteiger partial charge >= 0.3 is 18.4 Å². The molecule has 0 fully saturated rings. The lowest BCUT2D eigenvalue weighted by molar-refractivity contribution is 0.347. The molecule has 0 aromatic heterocycles. The maximum absolute atomic E-state index is 13.5. The minimum Gasteiger partial charge on any atom is -0.313 e. The van der Waals surface area contributed by atoms with Crippen molar-refractivity contribution in [2.75, 3.05) is 7.11 Å².